The maximum atomic E-state index is 12.5. The molecule has 2 fully saturated rings. The van der Waals surface area contributed by atoms with Gasteiger partial charge in [-0.3, -0.25) is 4.79 Å². The lowest BCUT2D eigenvalue weighted by molar-refractivity contribution is -0.134. The van der Waals surface area contributed by atoms with Crippen LogP contribution in [-0.2, 0) is 16.0 Å². The number of rotatable bonds is 5. The molecule has 3 rings (SSSR count). The van der Waals surface area contributed by atoms with E-state index in [9.17, 15) is 9.90 Å². The smallest absolute Gasteiger partial charge is 0.222 e. The summed E-state index contributed by atoms with van der Waals surface area (Å²) in [4.78, 5) is 14.5. The van der Waals surface area contributed by atoms with Crippen LogP contribution in [0.3, 0.4) is 0 Å². The van der Waals surface area contributed by atoms with E-state index in [1.807, 2.05) is 23.1 Å². The molecule has 132 valence electrons. The lowest BCUT2D eigenvalue weighted by Gasteiger charge is -2.35. The first-order valence-electron chi connectivity index (χ1n) is 9.30. The zero-order valence-corrected chi connectivity index (χ0v) is 14.4. The summed E-state index contributed by atoms with van der Waals surface area (Å²) in [5, 5.41) is 10.5. The number of likely N-dealkylation sites (tertiary alicyclic amines) is 1. The van der Waals surface area contributed by atoms with E-state index < -0.39 is 0 Å². The summed E-state index contributed by atoms with van der Waals surface area (Å²) >= 11 is 0. The number of aliphatic hydroxyl groups excluding tert-OH is 1. The monoisotopic (exact) mass is 331 g/mol. The normalized spacial score (nSPS) is 21.6. The molecule has 2 heterocycles. The fraction of sp³-hybridized carbons (Fsp3) is 0.650. The van der Waals surface area contributed by atoms with Crippen molar-refractivity contribution in [2.24, 2.45) is 11.8 Å². The molecule has 0 radical (unpaired) electrons. The third-order valence-electron chi connectivity index (χ3n) is 5.53. The number of carbonyl (C=O) groups is 1. The highest BCUT2D eigenvalue weighted by molar-refractivity contribution is 5.76. The second-order valence-electron chi connectivity index (χ2n) is 7.24. The lowest BCUT2D eigenvalue weighted by Crippen LogP contribution is -2.42. The Kier molecular flexibility index (Phi) is 6.27. The van der Waals surface area contributed by atoms with Crippen LogP contribution in [0.2, 0.25) is 0 Å². The molecular formula is C20H29NO3. The molecule has 0 aromatic heterocycles. The topological polar surface area (TPSA) is 49.8 Å². The number of hydrogen-bond donors (Lipinski definition) is 1. The van der Waals surface area contributed by atoms with Crippen LogP contribution < -0.4 is 0 Å². The van der Waals surface area contributed by atoms with E-state index in [0.29, 0.717) is 24.7 Å². The summed E-state index contributed by atoms with van der Waals surface area (Å²) in [5.74, 6) is 1.09. The van der Waals surface area contributed by atoms with Gasteiger partial charge in [0.05, 0.1) is 6.10 Å². The number of ether oxygens (including phenoxy) is 1. The van der Waals surface area contributed by atoms with Crippen molar-refractivity contribution < 1.29 is 14.6 Å². The molecule has 0 spiro atoms. The van der Waals surface area contributed by atoms with Crippen molar-refractivity contribution in [2.45, 2.75) is 44.6 Å². The molecule has 1 atom stereocenters. The van der Waals surface area contributed by atoms with Crippen molar-refractivity contribution in [1.29, 1.82) is 0 Å². The maximum absolute atomic E-state index is 12.5. The minimum absolute atomic E-state index is 0.290. The molecule has 2 aliphatic rings. The number of benzene rings is 1. The number of carbonyl (C=O) groups excluding carboxylic acids is 1. The van der Waals surface area contributed by atoms with Crippen LogP contribution >= 0.6 is 0 Å². The van der Waals surface area contributed by atoms with Gasteiger partial charge in [0.2, 0.25) is 5.91 Å². The zero-order chi connectivity index (χ0) is 16.8. The largest absolute Gasteiger partial charge is 0.392 e. The van der Waals surface area contributed by atoms with Gasteiger partial charge < -0.3 is 14.7 Å². The van der Waals surface area contributed by atoms with E-state index in [4.69, 9.17) is 4.74 Å². The van der Waals surface area contributed by atoms with Gasteiger partial charge in [0.25, 0.3) is 0 Å². The van der Waals surface area contributed by atoms with Gasteiger partial charge in [-0.2, -0.15) is 0 Å². The number of piperidine rings is 1. The van der Waals surface area contributed by atoms with Gasteiger partial charge in [0, 0.05) is 32.7 Å². The van der Waals surface area contributed by atoms with Crippen LogP contribution in [0.5, 0.6) is 0 Å². The molecule has 0 saturated carbocycles. The van der Waals surface area contributed by atoms with Gasteiger partial charge in [0.15, 0.2) is 0 Å². The van der Waals surface area contributed by atoms with Crippen LogP contribution in [-0.4, -0.2) is 48.3 Å². The summed E-state index contributed by atoms with van der Waals surface area (Å²) in [6.45, 7) is 3.18. The van der Waals surface area contributed by atoms with Gasteiger partial charge in [-0.05, 0) is 49.5 Å². The standard InChI is InChI=1S/C20H29NO3/c22-19(14-16-4-2-1-3-5-16)18-6-10-21(11-7-18)20(23)15-17-8-12-24-13-9-17/h1-5,17-19,22H,6-15H2. The molecule has 1 N–H and O–H groups in total. The van der Waals surface area contributed by atoms with Crippen molar-refractivity contribution in [3.05, 3.63) is 35.9 Å². The zero-order valence-electron chi connectivity index (χ0n) is 14.4. The van der Waals surface area contributed by atoms with Crippen molar-refractivity contribution in [1.82, 2.24) is 4.90 Å². The molecule has 2 saturated heterocycles. The van der Waals surface area contributed by atoms with Crippen LogP contribution in [0.1, 0.15) is 37.7 Å². The first-order valence-corrected chi connectivity index (χ1v) is 9.30. The molecule has 1 unspecified atom stereocenters. The van der Waals surface area contributed by atoms with E-state index in [-0.39, 0.29) is 12.0 Å². The SMILES string of the molecule is O=C(CC1CCOCC1)N1CCC(C(O)Cc2ccccc2)CC1. The Labute approximate surface area is 144 Å². The van der Waals surface area contributed by atoms with Gasteiger partial charge in [-0.25, -0.2) is 0 Å². The molecule has 0 aliphatic carbocycles. The fourth-order valence-electron chi connectivity index (χ4n) is 3.88. The number of aliphatic hydroxyl groups is 1. The second kappa shape index (κ2) is 8.63. The minimum Gasteiger partial charge on any atom is -0.392 e. The quantitative estimate of drug-likeness (QED) is 0.902. The molecule has 1 aromatic carbocycles. The fourth-order valence-corrected chi connectivity index (χ4v) is 3.88. The van der Waals surface area contributed by atoms with Crippen LogP contribution in [0.15, 0.2) is 30.3 Å². The molecule has 2 aliphatic heterocycles. The summed E-state index contributed by atoms with van der Waals surface area (Å²) < 4.78 is 5.36. The third-order valence-corrected chi connectivity index (χ3v) is 5.53. The maximum Gasteiger partial charge on any atom is 0.222 e. The van der Waals surface area contributed by atoms with Crippen molar-refractivity contribution in [2.75, 3.05) is 26.3 Å². The van der Waals surface area contributed by atoms with E-state index in [1.165, 1.54) is 5.56 Å². The molecular weight excluding hydrogens is 302 g/mol. The van der Waals surface area contributed by atoms with Gasteiger partial charge >= 0.3 is 0 Å². The van der Waals surface area contributed by atoms with Crippen molar-refractivity contribution in [3.63, 3.8) is 0 Å². The third kappa shape index (κ3) is 4.81. The summed E-state index contributed by atoms with van der Waals surface area (Å²) in [5.41, 5.74) is 1.18. The molecule has 4 heteroatoms. The van der Waals surface area contributed by atoms with Crippen LogP contribution in [0.25, 0.3) is 0 Å². The van der Waals surface area contributed by atoms with E-state index in [0.717, 1.165) is 52.0 Å². The Hall–Kier alpha value is -1.39. The van der Waals surface area contributed by atoms with Crippen molar-refractivity contribution >= 4 is 5.91 Å². The van der Waals surface area contributed by atoms with Crippen molar-refractivity contribution in [3.8, 4) is 0 Å². The minimum atomic E-state index is -0.305. The Morgan fingerprint density at radius 1 is 1.12 bits per heavy atom. The Morgan fingerprint density at radius 3 is 2.46 bits per heavy atom. The predicted molar refractivity (Wildman–Crippen MR) is 93.6 cm³/mol. The average Bonchev–Trinajstić information content (AvgIpc) is 2.63. The summed E-state index contributed by atoms with van der Waals surface area (Å²) in [6.07, 6.45) is 4.92. The van der Waals surface area contributed by atoms with E-state index in [1.54, 1.807) is 0 Å². The Morgan fingerprint density at radius 2 is 1.79 bits per heavy atom. The summed E-state index contributed by atoms with van der Waals surface area (Å²) in [7, 11) is 0. The van der Waals surface area contributed by atoms with Crippen LogP contribution in [0, 0.1) is 11.8 Å². The van der Waals surface area contributed by atoms with Gasteiger partial charge in [0.1, 0.15) is 0 Å². The highest BCUT2D eigenvalue weighted by atomic mass is 16.5. The average molecular weight is 331 g/mol. The highest BCUT2D eigenvalue weighted by Gasteiger charge is 2.28. The first kappa shape index (κ1) is 17.4. The molecule has 1 aromatic rings. The summed E-state index contributed by atoms with van der Waals surface area (Å²) in [6, 6.07) is 10.2. The number of amides is 1. The second-order valence-corrected chi connectivity index (χ2v) is 7.24. The van der Waals surface area contributed by atoms with E-state index >= 15 is 0 Å². The van der Waals surface area contributed by atoms with E-state index in [2.05, 4.69) is 12.1 Å². The lowest BCUT2D eigenvalue weighted by atomic mass is 9.87. The predicted octanol–water partition coefficient (Wildman–Crippen LogP) is 2.65. The number of hydrogen-bond acceptors (Lipinski definition) is 3. The Balaban J connectivity index is 1.42. The number of nitrogens with zero attached hydrogens (tertiary/aromatic N) is 1. The molecule has 4 nitrogen and oxygen atoms in total. The Bertz CT molecular complexity index is 505. The van der Waals surface area contributed by atoms with Gasteiger partial charge in [-0.1, -0.05) is 30.3 Å². The highest BCUT2D eigenvalue weighted by Crippen LogP contribution is 2.25. The molecule has 0 bridgehead atoms. The first-order chi connectivity index (χ1) is 11.7. The van der Waals surface area contributed by atoms with Gasteiger partial charge in [-0.15, -0.1) is 0 Å². The van der Waals surface area contributed by atoms with Crippen LogP contribution in [0.4, 0.5) is 0 Å². The molecule has 1 amide bonds. The molecule has 24 heavy (non-hydrogen) atoms.